The summed E-state index contributed by atoms with van der Waals surface area (Å²) in [7, 11) is 0. The molecule has 1 saturated carbocycles. The van der Waals surface area contributed by atoms with Crippen molar-refractivity contribution in [3.63, 3.8) is 0 Å². The SMILES string of the molecule is Cc1nn(-c2ccccc2)c(C)c1/C=N\n1c(C2CCCCC2)n[nH]c1=S. The van der Waals surface area contributed by atoms with Crippen molar-refractivity contribution < 1.29 is 0 Å². The van der Waals surface area contributed by atoms with E-state index in [1.807, 2.05) is 48.2 Å². The number of aryl methyl sites for hydroxylation is 1. The van der Waals surface area contributed by atoms with Crippen molar-refractivity contribution in [2.45, 2.75) is 51.9 Å². The van der Waals surface area contributed by atoms with Crippen molar-refractivity contribution in [2.24, 2.45) is 5.10 Å². The Hall–Kier alpha value is -2.54. The molecule has 1 fully saturated rings. The van der Waals surface area contributed by atoms with Gasteiger partial charge in [-0.1, -0.05) is 37.5 Å². The van der Waals surface area contributed by atoms with E-state index in [4.69, 9.17) is 12.2 Å². The highest BCUT2D eigenvalue weighted by Crippen LogP contribution is 2.31. The predicted molar refractivity (Wildman–Crippen MR) is 109 cm³/mol. The minimum absolute atomic E-state index is 0.429. The van der Waals surface area contributed by atoms with Crippen LogP contribution in [0.25, 0.3) is 5.69 Å². The number of hydrogen-bond acceptors (Lipinski definition) is 4. The summed E-state index contributed by atoms with van der Waals surface area (Å²) >= 11 is 5.42. The van der Waals surface area contributed by atoms with Crippen molar-refractivity contribution in [3.8, 4) is 5.69 Å². The van der Waals surface area contributed by atoms with E-state index >= 15 is 0 Å². The summed E-state index contributed by atoms with van der Waals surface area (Å²) in [5.41, 5.74) is 4.04. The van der Waals surface area contributed by atoms with Crippen LogP contribution in [0, 0.1) is 18.6 Å². The van der Waals surface area contributed by atoms with Gasteiger partial charge in [0.1, 0.15) is 0 Å². The molecule has 0 aliphatic heterocycles. The first-order valence-corrected chi connectivity index (χ1v) is 9.89. The first-order valence-electron chi connectivity index (χ1n) is 9.48. The van der Waals surface area contributed by atoms with Gasteiger partial charge in [-0.3, -0.25) is 5.10 Å². The first-order chi connectivity index (χ1) is 13.1. The Balaban J connectivity index is 1.67. The van der Waals surface area contributed by atoms with Crippen molar-refractivity contribution in [1.29, 1.82) is 0 Å². The number of nitrogens with zero attached hydrogens (tertiary/aromatic N) is 5. The maximum Gasteiger partial charge on any atom is 0.216 e. The number of H-pyrrole nitrogens is 1. The molecule has 0 amide bonds. The van der Waals surface area contributed by atoms with E-state index in [9.17, 15) is 0 Å². The average molecular weight is 381 g/mol. The van der Waals surface area contributed by atoms with Crippen LogP contribution in [0.15, 0.2) is 35.4 Å². The summed E-state index contributed by atoms with van der Waals surface area (Å²) < 4.78 is 4.27. The molecule has 0 atom stereocenters. The number of benzene rings is 1. The van der Waals surface area contributed by atoms with Crippen LogP contribution in [0.4, 0.5) is 0 Å². The highest BCUT2D eigenvalue weighted by molar-refractivity contribution is 7.71. The Morgan fingerprint density at radius 3 is 2.63 bits per heavy atom. The van der Waals surface area contributed by atoms with Gasteiger partial charge in [0.25, 0.3) is 0 Å². The van der Waals surface area contributed by atoms with Crippen LogP contribution < -0.4 is 0 Å². The van der Waals surface area contributed by atoms with E-state index in [-0.39, 0.29) is 0 Å². The molecule has 1 aliphatic carbocycles. The quantitative estimate of drug-likeness (QED) is 0.528. The van der Waals surface area contributed by atoms with Crippen molar-refractivity contribution in [1.82, 2.24) is 24.7 Å². The zero-order chi connectivity index (χ0) is 18.8. The summed E-state index contributed by atoms with van der Waals surface area (Å²) in [5.74, 6) is 1.37. The monoisotopic (exact) mass is 380 g/mol. The number of aromatic nitrogens is 5. The fraction of sp³-hybridized carbons (Fsp3) is 0.400. The lowest BCUT2D eigenvalue weighted by atomic mass is 9.89. The first kappa shape index (κ1) is 17.9. The van der Waals surface area contributed by atoms with Gasteiger partial charge in [0.05, 0.1) is 23.3 Å². The number of rotatable bonds is 4. The molecule has 3 aromatic rings. The van der Waals surface area contributed by atoms with Crippen LogP contribution in [0.5, 0.6) is 0 Å². The fourth-order valence-electron chi connectivity index (χ4n) is 3.82. The van der Waals surface area contributed by atoms with Gasteiger partial charge in [-0.25, -0.2) is 4.68 Å². The van der Waals surface area contributed by atoms with Gasteiger partial charge in [0, 0.05) is 11.5 Å². The molecule has 0 radical (unpaired) electrons. The highest BCUT2D eigenvalue weighted by Gasteiger charge is 2.21. The van der Waals surface area contributed by atoms with Crippen LogP contribution in [-0.4, -0.2) is 30.9 Å². The van der Waals surface area contributed by atoms with Crippen LogP contribution in [0.2, 0.25) is 0 Å². The van der Waals surface area contributed by atoms with E-state index in [0.717, 1.165) is 41.3 Å². The number of aromatic amines is 1. The molecule has 27 heavy (non-hydrogen) atoms. The molecule has 2 aromatic heterocycles. The lowest BCUT2D eigenvalue weighted by molar-refractivity contribution is 0.419. The molecule has 2 heterocycles. The Morgan fingerprint density at radius 2 is 1.89 bits per heavy atom. The number of para-hydroxylation sites is 1. The second kappa shape index (κ2) is 7.60. The van der Waals surface area contributed by atoms with Gasteiger partial charge in [-0.05, 0) is 51.0 Å². The minimum Gasteiger partial charge on any atom is -0.250 e. The molecule has 0 spiro atoms. The second-order valence-electron chi connectivity index (χ2n) is 7.11. The summed E-state index contributed by atoms with van der Waals surface area (Å²) in [4.78, 5) is 0. The third kappa shape index (κ3) is 3.51. The van der Waals surface area contributed by atoms with Crippen LogP contribution in [-0.2, 0) is 0 Å². The zero-order valence-electron chi connectivity index (χ0n) is 15.7. The number of nitrogens with one attached hydrogen (secondary N) is 1. The van der Waals surface area contributed by atoms with Crippen molar-refractivity contribution in [2.75, 3.05) is 0 Å². The Labute approximate surface area is 163 Å². The summed E-state index contributed by atoms with van der Waals surface area (Å²) in [6.07, 6.45) is 7.96. The fourth-order valence-corrected chi connectivity index (χ4v) is 4.00. The lowest BCUT2D eigenvalue weighted by Gasteiger charge is -2.19. The standard InChI is InChI=1S/C20H24N6S/c1-14-18(15(2)25(24-14)17-11-7-4-8-12-17)13-21-26-19(22-23-20(26)27)16-9-5-3-6-10-16/h4,7-8,11-13,16H,3,5-6,9-10H2,1-2H3,(H,23,27)/b21-13-. The maximum absolute atomic E-state index is 5.42. The molecule has 0 unspecified atom stereocenters. The van der Waals surface area contributed by atoms with Crippen LogP contribution in [0.3, 0.4) is 0 Å². The molecule has 1 N–H and O–H groups in total. The maximum atomic E-state index is 5.42. The van der Waals surface area contributed by atoms with Gasteiger partial charge >= 0.3 is 0 Å². The van der Waals surface area contributed by atoms with E-state index in [1.54, 1.807) is 4.68 Å². The van der Waals surface area contributed by atoms with E-state index in [2.05, 4.69) is 27.3 Å². The summed E-state index contributed by atoms with van der Waals surface area (Å²) in [6, 6.07) is 10.1. The Kier molecular flexibility index (Phi) is 5.03. The molecule has 1 aromatic carbocycles. The second-order valence-corrected chi connectivity index (χ2v) is 7.50. The normalized spacial score (nSPS) is 15.6. The summed E-state index contributed by atoms with van der Waals surface area (Å²) in [6.45, 7) is 4.07. The molecule has 1 aliphatic rings. The third-order valence-electron chi connectivity index (χ3n) is 5.30. The molecule has 140 valence electrons. The number of hydrogen-bond donors (Lipinski definition) is 1. The Morgan fingerprint density at radius 1 is 1.15 bits per heavy atom. The molecule has 0 bridgehead atoms. The van der Waals surface area contributed by atoms with Gasteiger partial charge in [0.15, 0.2) is 5.82 Å². The molecular formula is C20H24N6S. The zero-order valence-corrected chi connectivity index (χ0v) is 16.5. The molecule has 4 rings (SSSR count). The van der Waals surface area contributed by atoms with E-state index in [0.29, 0.717) is 10.7 Å². The summed E-state index contributed by atoms with van der Waals surface area (Å²) in [5, 5.41) is 16.7. The van der Waals surface area contributed by atoms with Crippen molar-refractivity contribution in [3.05, 3.63) is 57.9 Å². The van der Waals surface area contributed by atoms with Gasteiger partial charge in [-0.15, -0.1) is 0 Å². The van der Waals surface area contributed by atoms with Gasteiger partial charge in [0.2, 0.25) is 4.77 Å². The smallest absolute Gasteiger partial charge is 0.216 e. The van der Waals surface area contributed by atoms with Gasteiger partial charge < -0.3 is 0 Å². The third-order valence-corrected chi connectivity index (χ3v) is 5.56. The predicted octanol–water partition coefficient (Wildman–Crippen LogP) is 4.67. The lowest BCUT2D eigenvalue weighted by Crippen LogP contribution is -2.10. The van der Waals surface area contributed by atoms with Crippen molar-refractivity contribution >= 4 is 18.4 Å². The van der Waals surface area contributed by atoms with E-state index in [1.165, 1.54) is 19.3 Å². The largest absolute Gasteiger partial charge is 0.250 e. The molecule has 6 nitrogen and oxygen atoms in total. The minimum atomic E-state index is 0.429. The molecule has 7 heteroatoms. The highest BCUT2D eigenvalue weighted by atomic mass is 32.1. The van der Waals surface area contributed by atoms with Crippen LogP contribution >= 0.6 is 12.2 Å². The average Bonchev–Trinajstić information content (AvgIpc) is 3.21. The topological polar surface area (TPSA) is 63.8 Å². The molecule has 0 saturated heterocycles. The molecular weight excluding hydrogens is 356 g/mol. The van der Waals surface area contributed by atoms with E-state index < -0.39 is 0 Å². The van der Waals surface area contributed by atoms with Crippen LogP contribution in [0.1, 0.15) is 60.8 Å². The Bertz CT molecular complexity index is 1010. The van der Waals surface area contributed by atoms with Gasteiger partial charge in [-0.2, -0.15) is 20.0 Å².